The fourth-order valence-corrected chi connectivity index (χ4v) is 2.28. The summed E-state index contributed by atoms with van der Waals surface area (Å²) in [7, 11) is 1.72. The van der Waals surface area contributed by atoms with Crippen molar-refractivity contribution in [3.63, 3.8) is 0 Å². The van der Waals surface area contributed by atoms with Gasteiger partial charge in [0.1, 0.15) is 5.75 Å². The maximum absolute atomic E-state index is 6.27. The Bertz CT molecular complexity index is 408. The van der Waals surface area contributed by atoms with E-state index in [0.29, 0.717) is 0 Å². The van der Waals surface area contributed by atoms with E-state index in [0.717, 1.165) is 11.3 Å². The van der Waals surface area contributed by atoms with E-state index >= 15 is 0 Å². The molecule has 0 aliphatic heterocycles. The molecule has 1 rings (SSSR count). The highest BCUT2D eigenvalue weighted by Crippen LogP contribution is 2.39. The first-order valence-electron chi connectivity index (χ1n) is 6.06. The number of hydrogen-bond donors (Lipinski definition) is 1. The summed E-state index contributed by atoms with van der Waals surface area (Å²) >= 11 is 0. The molecular formula is C15H25NO. The van der Waals surface area contributed by atoms with Gasteiger partial charge in [-0.05, 0) is 37.3 Å². The predicted molar refractivity (Wildman–Crippen MR) is 73.6 cm³/mol. The highest BCUT2D eigenvalue weighted by atomic mass is 16.5. The van der Waals surface area contributed by atoms with E-state index in [1.54, 1.807) is 7.11 Å². The van der Waals surface area contributed by atoms with E-state index < -0.39 is 5.54 Å². The van der Waals surface area contributed by atoms with Crippen molar-refractivity contribution in [3.05, 3.63) is 28.8 Å². The first kappa shape index (κ1) is 14.0. The van der Waals surface area contributed by atoms with Crippen molar-refractivity contribution in [2.75, 3.05) is 7.11 Å². The molecule has 0 heterocycles. The summed E-state index contributed by atoms with van der Waals surface area (Å²) < 4.78 is 5.63. The molecule has 0 bridgehead atoms. The molecule has 17 heavy (non-hydrogen) atoms. The molecule has 0 aliphatic carbocycles. The van der Waals surface area contributed by atoms with Gasteiger partial charge >= 0.3 is 0 Å². The van der Waals surface area contributed by atoms with Crippen molar-refractivity contribution < 1.29 is 4.74 Å². The summed E-state index contributed by atoms with van der Waals surface area (Å²) in [5.74, 6) is 0.935. The second-order valence-corrected chi connectivity index (χ2v) is 6.31. The molecule has 0 amide bonds. The van der Waals surface area contributed by atoms with E-state index in [9.17, 15) is 0 Å². The summed E-state index contributed by atoms with van der Waals surface area (Å²) in [6, 6.07) is 4.27. The largest absolute Gasteiger partial charge is 0.496 e. The zero-order valence-electron chi connectivity index (χ0n) is 12.1. The Kier molecular flexibility index (Phi) is 3.58. The third-order valence-corrected chi connectivity index (χ3v) is 3.02. The normalized spacial score (nSPS) is 12.7. The van der Waals surface area contributed by atoms with Gasteiger partial charge in [-0.25, -0.2) is 0 Å². The van der Waals surface area contributed by atoms with E-state index in [1.807, 2.05) is 13.8 Å². The SMILES string of the molecule is COc1c(C(C)(C)C)ccc(C)c1C(C)(C)N. The Hall–Kier alpha value is -1.02. The minimum atomic E-state index is -0.392. The van der Waals surface area contributed by atoms with Gasteiger partial charge in [-0.3, -0.25) is 0 Å². The first-order valence-corrected chi connectivity index (χ1v) is 6.06. The van der Waals surface area contributed by atoms with Gasteiger partial charge in [0.2, 0.25) is 0 Å². The van der Waals surface area contributed by atoms with Gasteiger partial charge in [-0.2, -0.15) is 0 Å². The van der Waals surface area contributed by atoms with Crippen LogP contribution >= 0.6 is 0 Å². The van der Waals surface area contributed by atoms with Crippen LogP contribution in [-0.2, 0) is 11.0 Å². The second kappa shape index (κ2) is 4.34. The fourth-order valence-electron chi connectivity index (χ4n) is 2.28. The molecule has 96 valence electrons. The molecule has 2 nitrogen and oxygen atoms in total. The van der Waals surface area contributed by atoms with Crippen LogP contribution in [0.2, 0.25) is 0 Å². The number of rotatable bonds is 2. The van der Waals surface area contributed by atoms with Gasteiger partial charge in [0.05, 0.1) is 7.11 Å². The maximum Gasteiger partial charge on any atom is 0.127 e. The number of aryl methyl sites for hydroxylation is 1. The molecule has 0 spiro atoms. The molecule has 0 saturated carbocycles. The standard InChI is InChI=1S/C15H25NO/c1-10-8-9-11(14(2,3)4)13(17-7)12(10)15(5,6)16/h8-9H,16H2,1-7H3. The second-order valence-electron chi connectivity index (χ2n) is 6.31. The Morgan fingerprint density at radius 1 is 1.06 bits per heavy atom. The fraction of sp³-hybridized carbons (Fsp3) is 0.600. The smallest absolute Gasteiger partial charge is 0.127 e. The molecule has 0 atom stereocenters. The Morgan fingerprint density at radius 3 is 1.94 bits per heavy atom. The quantitative estimate of drug-likeness (QED) is 0.851. The van der Waals surface area contributed by atoms with E-state index in [1.165, 1.54) is 11.1 Å². The number of ether oxygens (including phenoxy) is 1. The van der Waals surface area contributed by atoms with Crippen LogP contribution < -0.4 is 10.5 Å². The lowest BCUT2D eigenvalue weighted by Gasteiger charge is -2.30. The van der Waals surface area contributed by atoms with Crippen LogP contribution in [0.5, 0.6) is 5.75 Å². The number of hydrogen-bond acceptors (Lipinski definition) is 2. The summed E-state index contributed by atoms with van der Waals surface area (Å²) in [6.45, 7) is 12.7. The summed E-state index contributed by atoms with van der Waals surface area (Å²) in [6.07, 6.45) is 0. The van der Waals surface area contributed by atoms with E-state index in [-0.39, 0.29) is 5.41 Å². The zero-order valence-corrected chi connectivity index (χ0v) is 12.1. The first-order chi connectivity index (χ1) is 7.59. The lowest BCUT2D eigenvalue weighted by atomic mass is 9.80. The van der Waals surface area contributed by atoms with E-state index in [4.69, 9.17) is 10.5 Å². The van der Waals surface area contributed by atoms with Crippen LogP contribution in [0.25, 0.3) is 0 Å². The monoisotopic (exact) mass is 235 g/mol. The Labute approximate surface area is 105 Å². The maximum atomic E-state index is 6.27. The van der Waals surface area contributed by atoms with Crippen molar-refractivity contribution in [1.29, 1.82) is 0 Å². The number of benzene rings is 1. The van der Waals surface area contributed by atoms with Gasteiger partial charge in [-0.15, -0.1) is 0 Å². The molecule has 0 aliphatic rings. The van der Waals surface area contributed by atoms with Gasteiger partial charge in [0.15, 0.2) is 0 Å². The molecule has 0 unspecified atom stereocenters. The van der Waals surface area contributed by atoms with E-state index in [2.05, 4.69) is 39.8 Å². The van der Waals surface area contributed by atoms with Crippen LogP contribution in [0, 0.1) is 6.92 Å². The van der Waals surface area contributed by atoms with Crippen LogP contribution in [0.3, 0.4) is 0 Å². The van der Waals surface area contributed by atoms with Gasteiger partial charge in [-0.1, -0.05) is 32.9 Å². The molecule has 1 aromatic rings. The summed E-state index contributed by atoms with van der Waals surface area (Å²) in [5.41, 5.74) is 9.42. The Balaban J connectivity index is 3.60. The number of nitrogens with two attached hydrogens (primary N) is 1. The van der Waals surface area contributed by atoms with Crippen molar-refractivity contribution in [2.45, 2.75) is 52.5 Å². The molecule has 2 heteroatoms. The van der Waals surface area contributed by atoms with Crippen LogP contribution in [0.4, 0.5) is 0 Å². The molecule has 0 saturated heterocycles. The lowest BCUT2D eigenvalue weighted by Crippen LogP contribution is -2.31. The van der Waals surface area contributed by atoms with Crippen LogP contribution in [0.15, 0.2) is 12.1 Å². The minimum absolute atomic E-state index is 0.0546. The average molecular weight is 235 g/mol. The topological polar surface area (TPSA) is 35.2 Å². The van der Waals surface area contributed by atoms with Crippen molar-refractivity contribution in [3.8, 4) is 5.75 Å². The molecular weight excluding hydrogens is 210 g/mol. The van der Waals surface area contributed by atoms with Crippen LogP contribution in [-0.4, -0.2) is 7.11 Å². The van der Waals surface area contributed by atoms with Crippen molar-refractivity contribution >= 4 is 0 Å². The lowest BCUT2D eigenvalue weighted by molar-refractivity contribution is 0.378. The average Bonchev–Trinajstić information content (AvgIpc) is 2.12. The summed E-state index contributed by atoms with van der Waals surface area (Å²) in [4.78, 5) is 0. The van der Waals surface area contributed by atoms with Crippen molar-refractivity contribution in [2.24, 2.45) is 5.73 Å². The third-order valence-electron chi connectivity index (χ3n) is 3.02. The molecule has 0 aromatic heterocycles. The van der Waals surface area contributed by atoms with Gasteiger partial charge in [0.25, 0.3) is 0 Å². The Morgan fingerprint density at radius 2 is 1.59 bits per heavy atom. The molecule has 2 N–H and O–H groups in total. The molecule has 0 fully saturated rings. The third kappa shape index (κ3) is 2.81. The van der Waals surface area contributed by atoms with Crippen molar-refractivity contribution in [1.82, 2.24) is 0 Å². The van der Waals surface area contributed by atoms with Gasteiger partial charge < -0.3 is 10.5 Å². The van der Waals surface area contributed by atoms with Gasteiger partial charge in [0, 0.05) is 11.1 Å². The molecule has 0 radical (unpaired) electrons. The summed E-state index contributed by atoms with van der Waals surface area (Å²) in [5, 5.41) is 0. The number of methoxy groups -OCH3 is 1. The molecule has 1 aromatic carbocycles. The minimum Gasteiger partial charge on any atom is -0.496 e. The predicted octanol–water partition coefficient (Wildman–Crippen LogP) is 3.49. The zero-order chi connectivity index (χ0) is 13.4. The van der Waals surface area contributed by atoms with Crippen LogP contribution in [0.1, 0.15) is 51.3 Å². The highest BCUT2D eigenvalue weighted by Gasteiger charge is 2.27. The highest BCUT2D eigenvalue weighted by molar-refractivity contribution is 5.51.